The van der Waals surface area contributed by atoms with E-state index >= 15 is 0 Å². The minimum absolute atomic E-state index is 0.690. The fraction of sp³-hybridized carbons (Fsp3) is 0.150. The van der Waals surface area contributed by atoms with Crippen LogP contribution in [0.15, 0.2) is 58.9 Å². The van der Waals surface area contributed by atoms with Crippen molar-refractivity contribution in [2.24, 2.45) is 7.05 Å². The van der Waals surface area contributed by atoms with E-state index in [1.165, 1.54) is 5.56 Å². The van der Waals surface area contributed by atoms with Crippen molar-refractivity contribution in [3.8, 4) is 5.75 Å². The first-order chi connectivity index (χ1) is 12.0. The van der Waals surface area contributed by atoms with Crippen molar-refractivity contribution in [3.63, 3.8) is 0 Å². The molecule has 0 aliphatic carbocycles. The molecule has 1 aromatic heterocycles. The molecular weight excluding hydrogens is 336 g/mol. The zero-order valence-electron chi connectivity index (χ0n) is 14.3. The van der Waals surface area contributed by atoms with Crippen molar-refractivity contribution in [3.05, 3.63) is 70.9 Å². The van der Waals surface area contributed by atoms with Gasteiger partial charge < -0.3 is 14.1 Å². The number of fused-ring (bicyclic) bond motifs is 2. The summed E-state index contributed by atoms with van der Waals surface area (Å²) in [6.45, 7) is 2.07. The van der Waals surface area contributed by atoms with Gasteiger partial charge in [-0.05, 0) is 48.9 Å². The minimum atomic E-state index is 0.690. The molecule has 5 heteroatoms. The van der Waals surface area contributed by atoms with Gasteiger partial charge in [0.05, 0.1) is 11.8 Å². The van der Waals surface area contributed by atoms with E-state index in [0.717, 1.165) is 34.3 Å². The molecule has 126 valence electrons. The number of oxazole rings is 1. The molecule has 3 aromatic rings. The normalized spacial score (nSPS) is 15.4. The predicted molar refractivity (Wildman–Crippen MR) is 99.7 cm³/mol. The van der Waals surface area contributed by atoms with E-state index in [9.17, 15) is 0 Å². The maximum Gasteiger partial charge on any atom is 0.373 e. The van der Waals surface area contributed by atoms with Gasteiger partial charge in [0.25, 0.3) is 5.52 Å². The van der Waals surface area contributed by atoms with Gasteiger partial charge in [-0.3, -0.25) is 0 Å². The van der Waals surface area contributed by atoms with Crippen LogP contribution in [0.2, 0.25) is 5.02 Å². The van der Waals surface area contributed by atoms with Crippen LogP contribution in [0.5, 0.6) is 5.75 Å². The quantitative estimate of drug-likeness (QED) is 0.630. The number of aromatic nitrogens is 1. The van der Waals surface area contributed by atoms with E-state index in [1.807, 2.05) is 72.1 Å². The van der Waals surface area contributed by atoms with Gasteiger partial charge in [-0.2, -0.15) is 4.57 Å². The molecule has 1 aliphatic heterocycles. The number of benzene rings is 2. The molecule has 0 amide bonds. The second kappa shape index (κ2) is 5.97. The summed E-state index contributed by atoms with van der Waals surface area (Å²) in [5.41, 5.74) is 4.04. The zero-order valence-corrected chi connectivity index (χ0v) is 15.0. The van der Waals surface area contributed by atoms with E-state index in [4.69, 9.17) is 20.8 Å². The van der Waals surface area contributed by atoms with Crippen LogP contribution >= 0.6 is 11.6 Å². The Morgan fingerprint density at radius 2 is 2.00 bits per heavy atom. The summed E-state index contributed by atoms with van der Waals surface area (Å²) >= 11 is 6.06. The van der Waals surface area contributed by atoms with Crippen molar-refractivity contribution >= 4 is 34.5 Å². The third-order valence-corrected chi connectivity index (χ3v) is 4.56. The molecule has 0 unspecified atom stereocenters. The molecule has 0 fully saturated rings. The topological polar surface area (TPSA) is 29.5 Å². The highest BCUT2D eigenvalue weighted by molar-refractivity contribution is 6.31. The first kappa shape index (κ1) is 15.8. The predicted octanol–water partition coefficient (Wildman–Crippen LogP) is 4.60. The fourth-order valence-corrected chi connectivity index (χ4v) is 3.09. The monoisotopic (exact) mass is 353 g/mol. The Morgan fingerprint density at radius 3 is 2.84 bits per heavy atom. The van der Waals surface area contributed by atoms with Gasteiger partial charge in [0.1, 0.15) is 7.05 Å². The van der Waals surface area contributed by atoms with Crippen LogP contribution in [0.3, 0.4) is 0 Å². The maximum absolute atomic E-state index is 6.06. The molecule has 0 N–H and O–H groups in total. The number of nitrogens with zero attached hydrogens (tertiary/aromatic N) is 2. The minimum Gasteiger partial charge on any atom is -0.439 e. The first-order valence-corrected chi connectivity index (χ1v) is 8.39. The number of allylic oxidation sites excluding steroid dienone is 2. The van der Waals surface area contributed by atoms with Crippen LogP contribution < -0.4 is 14.2 Å². The Morgan fingerprint density at radius 1 is 1.16 bits per heavy atom. The summed E-state index contributed by atoms with van der Waals surface area (Å²) in [6, 6.07) is 11.7. The third kappa shape index (κ3) is 2.79. The second-order valence-corrected chi connectivity index (χ2v) is 6.54. The Bertz CT molecular complexity index is 1030. The average molecular weight is 354 g/mol. The van der Waals surface area contributed by atoms with Crippen LogP contribution in [-0.2, 0) is 7.05 Å². The molecule has 0 spiro atoms. The van der Waals surface area contributed by atoms with Gasteiger partial charge in [0.2, 0.25) is 5.58 Å². The molecule has 2 aromatic carbocycles. The number of aryl methyl sites for hydroxylation is 2. The lowest BCUT2D eigenvalue weighted by Crippen LogP contribution is -2.29. The van der Waals surface area contributed by atoms with Crippen LogP contribution in [-0.4, -0.2) is 7.05 Å². The smallest absolute Gasteiger partial charge is 0.373 e. The standard InChI is InChI=1S/C20H18ClN2O2/c1-13-7-9-17-15(11-13)22(2)19(24-17)5-4-6-20-23(3)16-12-14(21)8-10-18(16)25-20/h4-12H,1-3H3/q+1. The van der Waals surface area contributed by atoms with Crippen LogP contribution in [0.25, 0.3) is 17.2 Å². The van der Waals surface area contributed by atoms with Gasteiger partial charge in [-0.15, -0.1) is 0 Å². The Labute approximate surface area is 151 Å². The highest BCUT2D eigenvalue weighted by Crippen LogP contribution is 2.38. The largest absolute Gasteiger partial charge is 0.439 e. The van der Waals surface area contributed by atoms with E-state index in [0.29, 0.717) is 5.02 Å². The number of hydrogen-bond donors (Lipinski definition) is 0. The van der Waals surface area contributed by atoms with Crippen molar-refractivity contribution in [2.45, 2.75) is 6.92 Å². The summed E-state index contributed by atoms with van der Waals surface area (Å²) < 4.78 is 13.7. The Hall–Kier alpha value is -2.72. The molecule has 25 heavy (non-hydrogen) atoms. The van der Waals surface area contributed by atoms with Crippen molar-refractivity contribution in [1.29, 1.82) is 0 Å². The van der Waals surface area contributed by atoms with Crippen molar-refractivity contribution in [1.82, 2.24) is 0 Å². The van der Waals surface area contributed by atoms with Crippen LogP contribution in [0.1, 0.15) is 11.5 Å². The third-order valence-electron chi connectivity index (χ3n) is 4.33. The van der Waals surface area contributed by atoms with Gasteiger partial charge in [-0.1, -0.05) is 17.7 Å². The van der Waals surface area contributed by atoms with E-state index < -0.39 is 0 Å². The molecular formula is C20H18ClN2O2+. The highest BCUT2D eigenvalue weighted by atomic mass is 35.5. The van der Waals surface area contributed by atoms with Gasteiger partial charge >= 0.3 is 5.89 Å². The number of rotatable bonds is 2. The molecule has 1 aliphatic rings. The molecule has 4 nitrogen and oxygen atoms in total. The zero-order chi connectivity index (χ0) is 17.6. The average Bonchev–Trinajstić information content (AvgIpc) is 3.06. The van der Waals surface area contributed by atoms with Gasteiger partial charge in [-0.25, -0.2) is 0 Å². The number of ether oxygens (including phenoxy) is 1. The summed E-state index contributed by atoms with van der Waals surface area (Å²) in [5.74, 6) is 2.39. The molecule has 0 saturated carbocycles. The van der Waals surface area contributed by atoms with Crippen LogP contribution in [0.4, 0.5) is 5.69 Å². The molecule has 0 atom stereocenters. The molecule has 4 rings (SSSR count). The van der Waals surface area contributed by atoms with Crippen LogP contribution in [0, 0.1) is 6.92 Å². The molecule has 2 heterocycles. The Kier molecular flexibility index (Phi) is 3.77. The van der Waals surface area contributed by atoms with E-state index in [-0.39, 0.29) is 0 Å². The highest BCUT2D eigenvalue weighted by Gasteiger charge is 2.22. The summed E-state index contributed by atoms with van der Waals surface area (Å²) in [4.78, 5) is 2.03. The molecule has 0 radical (unpaired) electrons. The number of hydrogen-bond acceptors (Lipinski definition) is 3. The lowest BCUT2D eigenvalue weighted by molar-refractivity contribution is -0.652. The summed E-state index contributed by atoms with van der Waals surface area (Å²) in [5, 5.41) is 0.690. The lowest BCUT2D eigenvalue weighted by atomic mass is 10.2. The maximum atomic E-state index is 6.06. The van der Waals surface area contributed by atoms with Crippen molar-refractivity contribution in [2.75, 3.05) is 11.9 Å². The number of anilines is 1. The number of halogens is 1. The first-order valence-electron chi connectivity index (χ1n) is 8.01. The summed E-state index contributed by atoms with van der Waals surface area (Å²) in [7, 11) is 3.94. The second-order valence-electron chi connectivity index (χ2n) is 6.11. The van der Waals surface area contributed by atoms with Gasteiger partial charge in [0, 0.05) is 18.1 Å². The van der Waals surface area contributed by atoms with Crippen molar-refractivity contribution < 1.29 is 13.7 Å². The SMILES string of the molecule is Cc1ccc2c(c1)N(C)/C(=C/C=C/c1oc3ccc(Cl)cc3[n+]1C)O2. The van der Waals surface area contributed by atoms with Gasteiger partial charge in [0.15, 0.2) is 11.6 Å². The Balaban J connectivity index is 1.61. The van der Waals surface area contributed by atoms with E-state index in [2.05, 4.69) is 13.0 Å². The lowest BCUT2D eigenvalue weighted by Gasteiger charge is -2.10. The molecule has 0 saturated heterocycles. The fourth-order valence-electron chi connectivity index (χ4n) is 2.92. The summed E-state index contributed by atoms with van der Waals surface area (Å²) in [6.07, 6.45) is 5.76. The molecule has 0 bridgehead atoms. The van der Waals surface area contributed by atoms with E-state index in [1.54, 1.807) is 0 Å².